The van der Waals surface area contributed by atoms with Crippen molar-refractivity contribution in [3.63, 3.8) is 0 Å². The van der Waals surface area contributed by atoms with Crippen molar-refractivity contribution in [2.75, 3.05) is 0 Å². The average Bonchev–Trinajstić information content (AvgIpc) is 3.03. The normalized spacial score (nSPS) is 14.9. The maximum atomic E-state index is 13.5. The zero-order valence-corrected chi connectivity index (χ0v) is 19.2. The molecular formula is C22H15F6N5O2S. The molecule has 1 atom stereocenters. The second-order valence-electron chi connectivity index (χ2n) is 7.88. The van der Waals surface area contributed by atoms with Gasteiger partial charge in [-0.15, -0.1) is 0 Å². The number of allylic oxidation sites excluding steroid dienone is 4. The third-order valence-corrected chi connectivity index (χ3v) is 6.98. The van der Waals surface area contributed by atoms with Gasteiger partial charge in [0.25, 0.3) is 0 Å². The molecule has 0 bridgehead atoms. The van der Waals surface area contributed by atoms with Gasteiger partial charge < -0.3 is 0 Å². The Labute approximate surface area is 200 Å². The smallest absolute Gasteiger partial charge is 0.291 e. The predicted octanol–water partition coefficient (Wildman–Crippen LogP) is 4.94. The van der Waals surface area contributed by atoms with Gasteiger partial charge in [-0.05, 0) is 44.2 Å². The van der Waals surface area contributed by atoms with Crippen molar-refractivity contribution in [2.24, 2.45) is 0 Å². The lowest BCUT2D eigenvalue weighted by atomic mass is 10.1. The van der Waals surface area contributed by atoms with Crippen LogP contribution in [0.3, 0.4) is 0 Å². The van der Waals surface area contributed by atoms with E-state index in [9.17, 15) is 40.0 Å². The van der Waals surface area contributed by atoms with Crippen molar-refractivity contribution < 1.29 is 34.8 Å². The monoisotopic (exact) mass is 527 g/mol. The molecular weight excluding hydrogens is 512 g/mol. The van der Waals surface area contributed by atoms with Crippen LogP contribution >= 0.6 is 0 Å². The number of hydrogen-bond acceptors (Lipinski definition) is 5. The van der Waals surface area contributed by atoms with Crippen LogP contribution in [-0.2, 0) is 16.2 Å². The van der Waals surface area contributed by atoms with Crippen molar-refractivity contribution in [3.8, 4) is 17.5 Å². The minimum atomic E-state index is -4.81. The molecule has 3 aromatic rings. The molecule has 0 saturated heterocycles. The SMILES string of the molecule is Cc1nc2c(cc1C(F)(F)F)c(C#N)c(-c1ccc(S(=O)(=O)N[C@@H](C)C(F)(F)F)cn1)n2C1=CC=C1. The summed E-state index contributed by atoms with van der Waals surface area (Å²) < 4.78 is 107. The number of aryl methyl sites for hydroxylation is 1. The highest BCUT2D eigenvalue weighted by Crippen LogP contribution is 2.40. The van der Waals surface area contributed by atoms with Crippen LogP contribution in [-0.4, -0.2) is 35.2 Å². The Morgan fingerprint density at radius 2 is 1.83 bits per heavy atom. The zero-order valence-electron chi connectivity index (χ0n) is 18.4. The van der Waals surface area contributed by atoms with E-state index in [1.807, 2.05) is 6.07 Å². The number of rotatable bonds is 5. The van der Waals surface area contributed by atoms with Gasteiger partial charge in [0, 0.05) is 17.3 Å². The molecule has 0 unspecified atom stereocenters. The lowest BCUT2D eigenvalue weighted by Gasteiger charge is -2.17. The summed E-state index contributed by atoms with van der Waals surface area (Å²) in [6.45, 7) is 1.82. The summed E-state index contributed by atoms with van der Waals surface area (Å²) >= 11 is 0. The summed E-state index contributed by atoms with van der Waals surface area (Å²) in [6, 6.07) is 2.47. The van der Waals surface area contributed by atoms with Gasteiger partial charge in [-0.25, -0.2) is 13.4 Å². The molecule has 0 saturated carbocycles. The molecule has 4 rings (SSSR count). The fourth-order valence-electron chi connectivity index (χ4n) is 3.56. The van der Waals surface area contributed by atoms with Crippen molar-refractivity contribution in [3.05, 3.63) is 59.4 Å². The molecule has 3 aromatic heterocycles. The molecule has 0 aromatic carbocycles. The third kappa shape index (κ3) is 4.35. The molecule has 0 amide bonds. The first kappa shape index (κ1) is 25.4. The summed E-state index contributed by atoms with van der Waals surface area (Å²) in [5.74, 6) is 0. The lowest BCUT2D eigenvalue weighted by Crippen LogP contribution is -2.42. The number of hydrogen-bond donors (Lipinski definition) is 1. The van der Waals surface area contributed by atoms with E-state index in [0.717, 1.165) is 24.4 Å². The van der Waals surface area contributed by atoms with E-state index in [1.165, 1.54) is 16.2 Å². The van der Waals surface area contributed by atoms with E-state index in [-0.39, 0.29) is 33.7 Å². The molecule has 1 aliphatic rings. The number of nitrogens with one attached hydrogen (secondary N) is 1. The van der Waals surface area contributed by atoms with Gasteiger partial charge in [0.2, 0.25) is 10.0 Å². The maximum Gasteiger partial charge on any atom is 0.418 e. The van der Waals surface area contributed by atoms with E-state index < -0.39 is 38.9 Å². The molecule has 3 heterocycles. The molecule has 0 fully saturated rings. The van der Waals surface area contributed by atoms with Crippen molar-refractivity contribution in [1.29, 1.82) is 5.26 Å². The summed E-state index contributed by atoms with van der Waals surface area (Å²) in [4.78, 5) is 7.53. The van der Waals surface area contributed by atoms with Gasteiger partial charge in [0.05, 0.1) is 28.2 Å². The molecule has 36 heavy (non-hydrogen) atoms. The topological polar surface area (TPSA) is 101 Å². The van der Waals surface area contributed by atoms with Crippen LogP contribution in [0.25, 0.3) is 28.1 Å². The summed E-state index contributed by atoms with van der Waals surface area (Å²) in [7, 11) is -4.59. The molecule has 14 heteroatoms. The number of nitriles is 1. The van der Waals surface area contributed by atoms with E-state index in [2.05, 4.69) is 9.97 Å². The number of nitrogens with zero attached hydrogens (tertiary/aromatic N) is 4. The number of pyridine rings is 2. The number of aromatic nitrogens is 3. The second kappa shape index (κ2) is 8.45. The van der Waals surface area contributed by atoms with Crippen LogP contribution in [0.5, 0.6) is 0 Å². The highest BCUT2D eigenvalue weighted by Gasteiger charge is 2.39. The Hall–Kier alpha value is -3.70. The quantitative estimate of drug-likeness (QED) is 0.474. The van der Waals surface area contributed by atoms with E-state index in [4.69, 9.17) is 0 Å². The fraction of sp³-hybridized carbons (Fsp3) is 0.227. The van der Waals surface area contributed by atoms with Gasteiger partial charge in [-0.3, -0.25) is 9.55 Å². The molecule has 0 aliphatic heterocycles. The van der Waals surface area contributed by atoms with Crippen LogP contribution in [0.4, 0.5) is 26.3 Å². The van der Waals surface area contributed by atoms with Gasteiger partial charge in [0.1, 0.15) is 22.7 Å². The van der Waals surface area contributed by atoms with Crippen LogP contribution < -0.4 is 4.72 Å². The molecule has 0 radical (unpaired) electrons. The Balaban J connectivity index is 1.88. The standard InChI is InChI=1S/C22H15F6N5O2S/c1-11-17(22(26,27)28)8-15-16(9-29)19(33(20(15)31-11)13-4-3-5-13)18-7-6-14(10-30-18)36(34,35)32-12(2)21(23,24)25/h3-8,10,12,32H,1-2H3/t12-/m0/s1. The third-order valence-electron chi connectivity index (χ3n) is 5.46. The first-order chi connectivity index (χ1) is 16.6. The summed E-state index contributed by atoms with van der Waals surface area (Å²) in [5, 5.41) is 9.74. The number of sulfonamides is 1. The Morgan fingerprint density at radius 1 is 1.17 bits per heavy atom. The first-order valence-corrected chi connectivity index (χ1v) is 11.6. The summed E-state index contributed by atoms with van der Waals surface area (Å²) in [6.07, 6.45) is -3.82. The minimum Gasteiger partial charge on any atom is -0.291 e. The largest absolute Gasteiger partial charge is 0.418 e. The van der Waals surface area contributed by atoms with E-state index in [0.29, 0.717) is 12.6 Å². The Bertz CT molecular complexity index is 1580. The van der Waals surface area contributed by atoms with Crippen molar-refractivity contribution >= 4 is 26.8 Å². The van der Waals surface area contributed by atoms with Gasteiger partial charge >= 0.3 is 12.4 Å². The van der Waals surface area contributed by atoms with Gasteiger partial charge in [-0.2, -0.15) is 36.3 Å². The van der Waals surface area contributed by atoms with Crippen LogP contribution in [0.1, 0.15) is 23.7 Å². The van der Waals surface area contributed by atoms with E-state index >= 15 is 0 Å². The molecule has 1 N–H and O–H groups in total. The minimum absolute atomic E-state index is 0.000202. The maximum absolute atomic E-state index is 13.5. The lowest BCUT2D eigenvalue weighted by molar-refractivity contribution is -0.147. The summed E-state index contributed by atoms with van der Waals surface area (Å²) in [5.41, 5.74) is -0.921. The molecule has 0 spiro atoms. The van der Waals surface area contributed by atoms with Crippen LogP contribution in [0.15, 0.2) is 47.5 Å². The highest BCUT2D eigenvalue weighted by molar-refractivity contribution is 7.89. The Morgan fingerprint density at radius 3 is 2.31 bits per heavy atom. The van der Waals surface area contributed by atoms with Gasteiger partial charge in [0.15, 0.2) is 0 Å². The van der Waals surface area contributed by atoms with Crippen molar-refractivity contribution in [2.45, 2.75) is 37.1 Å². The van der Waals surface area contributed by atoms with Gasteiger partial charge in [-0.1, -0.05) is 6.08 Å². The molecule has 188 valence electrons. The zero-order chi connectivity index (χ0) is 26.6. The second-order valence-corrected chi connectivity index (χ2v) is 9.59. The number of alkyl halides is 6. The van der Waals surface area contributed by atoms with Crippen LogP contribution in [0, 0.1) is 18.3 Å². The molecule has 7 nitrogen and oxygen atoms in total. The average molecular weight is 527 g/mol. The fourth-order valence-corrected chi connectivity index (χ4v) is 4.74. The first-order valence-electron chi connectivity index (χ1n) is 10.1. The van der Waals surface area contributed by atoms with E-state index in [1.54, 1.807) is 18.2 Å². The molecule has 1 aliphatic carbocycles. The van der Waals surface area contributed by atoms with Crippen molar-refractivity contribution in [1.82, 2.24) is 19.3 Å². The number of fused-ring (bicyclic) bond motifs is 1. The predicted molar refractivity (Wildman–Crippen MR) is 117 cm³/mol. The number of halogens is 6. The van der Waals surface area contributed by atoms with Crippen LogP contribution in [0.2, 0.25) is 0 Å². The highest BCUT2D eigenvalue weighted by atomic mass is 32.2. The Kier molecular flexibility index (Phi) is 5.96.